The van der Waals surface area contributed by atoms with Crippen LogP contribution < -0.4 is 4.90 Å². The third-order valence-corrected chi connectivity index (χ3v) is 3.14. The number of rotatable bonds is 2. The van der Waals surface area contributed by atoms with Gasteiger partial charge in [0.1, 0.15) is 0 Å². The second-order valence-electron chi connectivity index (χ2n) is 4.51. The maximum absolute atomic E-state index is 9.60. The third kappa shape index (κ3) is 2.54. The van der Waals surface area contributed by atoms with E-state index in [4.69, 9.17) is 0 Å². The number of aliphatic hydroxyl groups is 2. The van der Waals surface area contributed by atoms with Crippen molar-refractivity contribution < 1.29 is 10.2 Å². The Labute approximate surface area is 96.3 Å². The van der Waals surface area contributed by atoms with Gasteiger partial charge in [-0.2, -0.15) is 0 Å². The SMILES string of the molecule is CC(O)c1ccc(N2CCCC(O)C2)cc1. The van der Waals surface area contributed by atoms with Gasteiger partial charge in [0.2, 0.25) is 0 Å². The predicted molar refractivity (Wildman–Crippen MR) is 64.5 cm³/mol. The lowest BCUT2D eigenvalue weighted by Crippen LogP contribution is -2.38. The van der Waals surface area contributed by atoms with E-state index in [2.05, 4.69) is 4.90 Å². The fraction of sp³-hybridized carbons (Fsp3) is 0.538. The Kier molecular flexibility index (Phi) is 3.46. The van der Waals surface area contributed by atoms with Crippen LogP contribution in [0.2, 0.25) is 0 Å². The summed E-state index contributed by atoms with van der Waals surface area (Å²) in [6.45, 7) is 3.48. The van der Waals surface area contributed by atoms with Gasteiger partial charge < -0.3 is 15.1 Å². The molecule has 16 heavy (non-hydrogen) atoms. The van der Waals surface area contributed by atoms with Crippen LogP contribution in [-0.4, -0.2) is 29.4 Å². The molecular formula is C13H19NO2. The minimum atomic E-state index is -0.416. The number of β-amino-alcohol motifs (C(OH)–C–C–N with tert-alkyl or cyclic N) is 1. The van der Waals surface area contributed by atoms with Crippen molar-refractivity contribution >= 4 is 5.69 Å². The zero-order valence-electron chi connectivity index (χ0n) is 9.63. The van der Waals surface area contributed by atoms with Crippen molar-refractivity contribution in [2.45, 2.75) is 32.0 Å². The number of nitrogens with zero attached hydrogens (tertiary/aromatic N) is 1. The van der Waals surface area contributed by atoms with Gasteiger partial charge in [0.15, 0.2) is 0 Å². The fourth-order valence-electron chi connectivity index (χ4n) is 2.15. The molecule has 1 aromatic carbocycles. The highest BCUT2D eigenvalue weighted by Gasteiger charge is 2.17. The van der Waals surface area contributed by atoms with Crippen molar-refractivity contribution in [2.75, 3.05) is 18.0 Å². The molecule has 0 bridgehead atoms. The summed E-state index contributed by atoms with van der Waals surface area (Å²) in [6.07, 6.45) is 1.33. The summed E-state index contributed by atoms with van der Waals surface area (Å²) in [4.78, 5) is 2.19. The summed E-state index contributed by atoms with van der Waals surface area (Å²) in [6, 6.07) is 7.92. The highest BCUT2D eigenvalue weighted by atomic mass is 16.3. The monoisotopic (exact) mass is 221 g/mol. The second kappa shape index (κ2) is 4.85. The molecule has 3 heteroatoms. The lowest BCUT2D eigenvalue weighted by molar-refractivity contribution is 0.154. The maximum atomic E-state index is 9.60. The number of benzene rings is 1. The van der Waals surface area contributed by atoms with Crippen molar-refractivity contribution in [2.24, 2.45) is 0 Å². The molecule has 3 nitrogen and oxygen atoms in total. The Morgan fingerprint density at radius 2 is 2.00 bits per heavy atom. The lowest BCUT2D eigenvalue weighted by Gasteiger charge is -2.32. The van der Waals surface area contributed by atoms with Gasteiger partial charge in [0, 0.05) is 18.8 Å². The van der Waals surface area contributed by atoms with Gasteiger partial charge in [-0.15, -0.1) is 0 Å². The number of hydrogen-bond donors (Lipinski definition) is 2. The minimum Gasteiger partial charge on any atom is -0.391 e. The molecule has 1 aliphatic rings. The first kappa shape index (κ1) is 11.4. The topological polar surface area (TPSA) is 43.7 Å². The van der Waals surface area contributed by atoms with E-state index in [0.29, 0.717) is 6.54 Å². The van der Waals surface area contributed by atoms with Crippen LogP contribution in [0.4, 0.5) is 5.69 Å². The van der Waals surface area contributed by atoms with Crippen LogP contribution in [0.1, 0.15) is 31.4 Å². The van der Waals surface area contributed by atoms with Gasteiger partial charge in [-0.25, -0.2) is 0 Å². The lowest BCUT2D eigenvalue weighted by atomic mass is 10.1. The Hall–Kier alpha value is -1.06. The largest absolute Gasteiger partial charge is 0.391 e. The Morgan fingerprint density at radius 1 is 1.31 bits per heavy atom. The van der Waals surface area contributed by atoms with E-state index < -0.39 is 6.10 Å². The first-order valence-electron chi connectivity index (χ1n) is 5.88. The Balaban J connectivity index is 2.09. The van der Waals surface area contributed by atoms with Crippen LogP contribution in [0.5, 0.6) is 0 Å². The number of hydrogen-bond acceptors (Lipinski definition) is 3. The third-order valence-electron chi connectivity index (χ3n) is 3.14. The summed E-state index contributed by atoms with van der Waals surface area (Å²) in [5.74, 6) is 0. The molecule has 1 saturated heterocycles. The molecule has 2 atom stereocenters. The predicted octanol–water partition coefficient (Wildman–Crippen LogP) is 1.70. The van der Waals surface area contributed by atoms with Gasteiger partial charge in [-0.05, 0) is 37.5 Å². The molecule has 2 N–H and O–H groups in total. The van der Waals surface area contributed by atoms with Crippen molar-refractivity contribution in [1.29, 1.82) is 0 Å². The molecular weight excluding hydrogens is 202 g/mol. The number of anilines is 1. The smallest absolute Gasteiger partial charge is 0.0761 e. The van der Waals surface area contributed by atoms with Gasteiger partial charge >= 0.3 is 0 Å². The van der Waals surface area contributed by atoms with Crippen LogP contribution in [0, 0.1) is 0 Å². The van der Waals surface area contributed by atoms with E-state index in [0.717, 1.165) is 30.6 Å². The molecule has 0 spiro atoms. The highest BCUT2D eigenvalue weighted by molar-refractivity contribution is 5.48. The van der Waals surface area contributed by atoms with Gasteiger partial charge in [0.05, 0.1) is 12.2 Å². The van der Waals surface area contributed by atoms with E-state index in [9.17, 15) is 10.2 Å². The average Bonchev–Trinajstić information content (AvgIpc) is 2.29. The van der Waals surface area contributed by atoms with E-state index >= 15 is 0 Å². The Bertz CT molecular complexity index is 334. The summed E-state index contributed by atoms with van der Waals surface area (Å²) < 4.78 is 0. The van der Waals surface area contributed by atoms with Crippen molar-refractivity contribution in [3.8, 4) is 0 Å². The zero-order chi connectivity index (χ0) is 11.5. The number of piperidine rings is 1. The molecule has 1 aliphatic heterocycles. The fourth-order valence-corrected chi connectivity index (χ4v) is 2.15. The summed E-state index contributed by atoms with van der Waals surface area (Å²) in [5, 5.41) is 19.0. The molecule has 2 rings (SSSR count). The maximum Gasteiger partial charge on any atom is 0.0761 e. The van der Waals surface area contributed by atoms with Crippen LogP contribution in [-0.2, 0) is 0 Å². The van der Waals surface area contributed by atoms with Crippen molar-refractivity contribution in [3.63, 3.8) is 0 Å². The quantitative estimate of drug-likeness (QED) is 0.799. The van der Waals surface area contributed by atoms with Crippen molar-refractivity contribution in [1.82, 2.24) is 0 Å². The van der Waals surface area contributed by atoms with Gasteiger partial charge in [-0.1, -0.05) is 12.1 Å². The van der Waals surface area contributed by atoms with E-state index in [1.165, 1.54) is 0 Å². The normalized spacial score (nSPS) is 23.2. The summed E-state index contributed by atoms with van der Waals surface area (Å²) in [7, 11) is 0. The standard InChI is InChI=1S/C13H19NO2/c1-10(15)11-4-6-12(7-5-11)14-8-2-3-13(16)9-14/h4-7,10,13,15-16H,2-3,8-9H2,1H3. The van der Waals surface area contributed by atoms with E-state index in [1.54, 1.807) is 6.92 Å². The van der Waals surface area contributed by atoms with Crippen LogP contribution in [0.3, 0.4) is 0 Å². The van der Waals surface area contributed by atoms with Crippen LogP contribution in [0.15, 0.2) is 24.3 Å². The van der Waals surface area contributed by atoms with Crippen LogP contribution >= 0.6 is 0 Å². The first-order valence-corrected chi connectivity index (χ1v) is 5.88. The molecule has 88 valence electrons. The first-order chi connectivity index (χ1) is 7.66. The molecule has 1 fully saturated rings. The molecule has 0 aromatic heterocycles. The molecule has 0 aliphatic carbocycles. The molecule has 2 unspecified atom stereocenters. The molecule has 0 radical (unpaired) electrons. The molecule has 1 heterocycles. The number of aliphatic hydroxyl groups excluding tert-OH is 2. The molecule has 1 aromatic rings. The minimum absolute atomic E-state index is 0.204. The second-order valence-corrected chi connectivity index (χ2v) is 4.51. The molecule has 0 amide bonds. The zero-order valence-corrected chi connectivity index (χ0v) is 9.63. The Morgan fingerprint density at radius 3 is 2.56 bits per heavy atom. The highest BCUT2D eigenvalue weighted by Crippen LogP contribution is 2.22. The van der Waals surface area contributed by atoms with Crippen molar-refractivity contribution in [3.05, 3.63) is 29.8 Å². The van der Waals surface area contributed by atoms with E-state index in [1.807, 2.05) is 24.3 Å². The van der Waals surface area contributed by atoms with Gasteiger partial charge in [-0.3, -0.25) is 0 Å². The average molecular weight is 221 g/mol. The van der Waals surface area contributed by atoms with Crippen LogP contribution in [0.25, 0.3) is 0 Å². The van der Waals surface area contributed by atoms with E-state index in [-0.39, 0.29) is 6.10 Å². The summed E-state index contributed by atoms with van der Waals surface area (Å²) in [5.41, 5.74) is 2.06. The van der Waals surface area contributed by atoms with Gasteiger partial charge in [0.25, 0.3) is 0 Å². The molecule has 0 saturated carbocycles. The summed E-state index contributed by atoms with van der Waals surface area (Å²) >= 11 is 0.